The Kier molecular flexibility index (Phi) is 3.06. The highest BCUT2D eigenvalue weighted by atomic mass is 16.2. The van der Waals surface area contributed by atoms with Crippen molar-refractivity contribution in [3.8, 4) is 0 Å². The van der Waals surface area contributed by atoms with E-state index >= 15 is 0 Å². The Morgan fingerprint density at radius 3 is 2.59 bits per heavy atom. The van der Waals surface area contributed by atoms with Crippen LogP contribution in [0.5, 0.6) is 0 Å². The highest BCUT2D eigenvalue weighted by Gasteiger charge is 2.15. The zero-order valence-electron chi connectivity index (χ0n) is 8.99. The van der Waals surface area contributed by atoms with E-state index in [0.717, 1.165) is 5.69 Å². The SMILES string of the molecule is NNC(=O)/C=C1/CC(=O)Nc2ccccc2N1. The first-order valence-electron chi connectivity index (χ1n) is 5.06. The molecule has 0 aromatic heterocycles. The fourth-order valence-corrected chi connectivity index (χ4v) is 1.57. The molecule has 1 aliphatic heterocycles. The van der Waals surface area contributed by atoms with Crippen molar-refractivity contribution in [2.45, 2.75) is 6.42 Å². The zero-order chi connectivity index (χ0) is 12.3. The smallest absolute Gasteiger partial charge is 0.259 e. The van der Waals surface area contributed by atoms with Gasteiger partial charge in [0.25, 0.3) is 5.91 Å². The van der Waals surface area contributed by atoms with Gasteiger partial charge in [-0.1, -0.05) is 12.1 Å². The highest BCUT2D eigenvalue weighted by molar-refractivity contribution is 5.99. The maximum atomic E-state index is 11.6. The molecule has 5 N–H and O–H groups in total. The third kappa shape index (κ3) is 2.61. The zero-order valence-corrected chi connectivity index (χ0v) is 8.99. The van der Waals surface area contributed by atoms with Gasteiger partial charge in [0, 0.05) is 11.8 Å². The number of carbonyl (C=O) groups is 2. The van der Waals surface area contributed by atoms with Gasteiger partial charge in [0.1, 0.15) is 0 Å². The number of anilines is 2. The third-order valence-corrected chi connectivity index (χ3v) is 2.29. The first-order valence-corrected chi connectivity index (χ1v) is 5.06. The van der Waals surface area contributed by atoms with Crippen molar-refractivity contribution in [3.05, 3.63) is 36.0 Å². The number of hydrogen-bond acceptors (Lipinski definition) is 4. The molecule has 1 aliphatic rings. The topological polar surface area (TPSA) is 96.2 Å². The maximum absolute atomic E-state index is 11.6. The summed E-state index contributed by atoms with van der Waals surface area (Å²) in [5.41, 5.74) is 3.91. The second kappa shape index (κ2) is 4.67. The lowest BCUT2D eigenvalue weighted by atomic mass is 10.2. The second-order valence-corrected chi connectivity index (χ2v) is 3.57. The number of nitrogens with one attached hydrogen (secondary N) is 3. The van der Waals surface area contributed by atoms with E-state index in [2.05, 4.69) is 10.6 Å². The minimum Gasteiger partial charge on any atom is -0.357 e. The Bertz CT molecular complexity index is 496. The van der Waals surface area contributed by atoms with Crippen LogP contribution in [0.4, 0.5) is 11.4 Å². The Hall–Kier alpha value is -2.34. The van der Waals surface area contributed by atoms with Crippen LogP contribution in [0.25, 0.3) is 0 Å². The molecule has 0 saturated heterocycles. The number of rotatable bonds is 1. The van der Waals surface area contributed by atoms with Crippen molar-refractivity contribution in [2.24, 2.45) is 5.84 Å². The number of nitrogens with two attached hydrogens (primary N) is 1. The summed E-state index contributed by atoms with van der Waals surface area (Å²) < 4.78 is 0. The molecular formula is C11H12N4O2. The number of carbonyl (C=O) groups excluding carboxylic acids is 2. The summed E-state index contributed by atoms with van der Waals surface area (Å²) >= 11 is 0. The van der Waals surface area contributed by atoms with Crippen LogP contribution in [0.1, 0.15) is 6.42 Å². The summed E-state index contributed by atoms with van der Waals surface area (Å²) in [5, 5.41) is 5.75. The minimum atomic E-state index is -0.459. The summed E-state index contributed by atoms with van der Waals surface area (Å²) in [6.07, 6.45) is 1.36. The molecule has 0 bridgehead atoms. The standard InChI is InChI=1S/C11H12N4O2/c12-15-11(17)6-7-5-10(16)14-9-4-2-1-3-8(9)13-7/h1-4,6,13H,5,12H2,(H,14,16)(H,15,17)/b7-6-. The van der Waals surface area contributed by atoms with Gasteiger partial charge in [-0.3, -0.25) is 15.0 Å². The van der Waals surface area contributed by atoms with Gasteiger partial charge in [0.15, 0.2) is 0 Å². The largest absolute Gasteiger partial charge is 0.357 e. The maximum Gasteiger partial charge on any atom is 0.259 e. The van der Waals surface area contributed by atoms with E-state index in [9.17, 15) is 9.59 Å². The molecule has 0 atom stereocenters. The number of para-hydroxylation sites is 2. The predicted molar refractivity (Wildman–Crippen MR) is 63.7 cm³/mol. The molecule has 2 rings (SSSR count). The third-order valence-electron chi connectivity index (χ3n) is 2.29. The molecule has 6 nitrogen and oxygen atoms in total. The van der Waals surface area contributed by atoms with Gasteiger partial charge in [0.05, 0.1) is 17.8 Å². The number of benzene rings is 1. The van der Waals surface area contributed by atoms with Crippen LogP contribution in [0.2, 0.25) is 0 Å². The van der Waals surface area contributed by atoms with Crippen LogP contribution in [0.15, 0.2) is 36.0 Å². The van der Waals surface area contributed by atoms with Gasteiger partial charge < -0.3 is 10.6 Å². The second-order valence-electron chi connectivity index (χ2n) is 3.57. The van der Waals surface area contributed by atoms with Crippen LogP contribution in [-0.2, 0) is 9.59 Å². The fraction of sp³-hybridized carbons (Fsp3) is 0.0909. The molecule has 0 fully saturated rings. The number of hydrazine groups is 1. The summed E-state index contributed by atoms with van der Waals surface area (Å²) in [4.78, 5) is 22.7. The first-order chi connectivity index (χ1) is 8.19. The molecule has 1 heterocycles. The van der Waals surface area contributed by atoms with E-state index in [1.165, 1.54) is 6.08 Å². The van der Waals surface area contributed by atoms with E-state index in [4.69, 9.17) is 5.84 Å². The van der Waals surface area contributed by atoms with Crippen LogP contribution in [-0.4, -0.2) is 11.8 Å². The van der Waals surface area contributed by atoms with Crippen LogP contribution >= 0.6 is 0 Å². The average Bonchev–Trinajstić information content (AvgIpc) is 2.46. The van der Waals surface area contributed by atoms with Crippen molar-refractivity contribution in [1.29, 1.82) is 0 Å². The summed E-state index contributed by atoms with van der Waals surface area (Å²) in [5.74, 6) is 4.34. The van der Waals surface area contributed by atoms with Crippen molar-refractivity contribution < 1.29 is 9.59 Å². The lowest BCUT2D eigenvalue weighted by molar-refractivity contribution is -0.116. The molecule has 0 saturated carbocycles. The van der Waals surface area contributed by atoms with Crippen LogP contribution in [0.3, 0.4) is 0 Å². The van der Waals surface area contributed by atoms with Crippen molar-refractivity contribution in [3.63, 3.8) is 0 Å². The Balaban J connectivity index is 2.32. The van der Waals surface area contributed by atoms with Gasteiger partial charge in [-0.05, 0) is 12.1 Å². The molecule has 0 unspecified atom stereocenters. The number of amides is 2. The summed E-state index contributed by atoms with van der Waals surface area (Å²) in [6, 6.07) is 7.26. The lowest BCUT2D eigenvalue weighted by Crippen LogP contribution is -2.29. The molecule has 6 heteroatoms. The Morgan fingerprint density at radius 2 is 1.94 bits per heavy atom. The fourth-order valence-electron chi connectivity index (χ4n) is 1.57. The molecule has 0 spiro atoms. The van der Waals surface area contributed by atoms with Crippen LogP contribution < -0.4 is 21.9 Å². The number of hydrogen-bond donors (Lipinski definition) is 4. The molecule has 2 amide bonds. The van der Waals surface area contributed by atoms with E-state index < -0.39 is 5.91 Å². The van der Waals surface area contributed by atoms with Gasteiger partial charge in [0.2, 0.25) is 5.91 Å². The molecule has 0 aliphatic carbocycles. The lowest BCUT2D eigenvalue weighted by Gasteiger charge is -2.07. The molecule has 17 heavy (non-hydrogen) atoms. The van der Waals surface area contributed by atoms with Crippen molar-refractivity contribution in [1.82, 2.24) is 5.43 Å². The van der Waals surface area contributed by atoms with Gasteiger partial charge in [-0.15, -0.1) is 0 Å². The summed E-state index contributed by atoms with van der Waals surface area (Å²) in [6.45, 7) is 0. The quantitative estimate of drug-likeness (QED) is 0.242. The molecule has 1 aromatic rings. The Labute approximate surface area is 97.8 Å². The first kappa shape index (κ1) is 11.2. The monoisotopic (exact) mass is 232 g/mol. The molecule has 0 radical (unpaired) electrons. The average molecular weight is 232 g/mol. The van der Waals surface area contributed by atoms with E-state index in [1.807, 2.05) is 23.6 Å². The minimum absolute atomic E-state index is 0.0993. The highest BCUT2D eigenvalue weighted by Crippen LogP contribution is 2.26. The number of fused-ring (bicyclic) bond motifs is 1. The predicted octanol–water partition coefficient (Wildman–Crippen LogP) is 0.314. The van der Waals surface area contributed by atoms with Crippen molar-refractivity contribution >= 4 is 23.2 Å². The van der Waals surface area contributed by atoms with Crippen molar-refractivity contribution in [2.75, 3.05) is 10.6 Å². The van der Waals surface area contributed by atoms with E-state index in [0.29, 0.717) is 11.4 Å². The Morgan fingerprint density at radius 1 is 1.29 bits per heavy atom. The normalized spacial score (nSPS) is 16.5. The van der Waals surface area contributed by atoms with Gasteiger partial charge in [-0.2, -0.15) is 0 Å². The van der Waals surface area contributed by atoms with Gasteiger partial charge >= 0.3 is 0 Å². The van der Waals surface area contributed by atoms with Gasteiger partial charge in [-0.25, -0.2) is 5.84 Å². The van der Waals surface area contributed by atoms with Crippen LogP contribution in [0, 0.1) is 0 Å². The summed E-state index contributed by atoms with van der Waals surface area (Å²) in [7, 11) is 0. The molecular weight excluding hydrogens is 220 g/mol. The molecule has 1 aromatic carbocycles. The van der Waals surface area contributed by atoms with E-state index in [-0.39, 0.29) is 12.3 Å². The molecule has 88 valence electrons. The van der Waals surface area contributed by atoms with E-state index in [1.54, 1.807) is 6.07 Å².